The second kappa shape index (κ2) is 5.78. The highest BCUT2D eigenvalue weighted by molar-refractivity contribution is 5.87. The van der Waals surface area contributed by atoms with Crippen LogP contribution in [0.4, 0.5) is 0 Å². The van der Waals surface area contributed by atoms with Crippen LogP contribution in [0.15, 0.2) is 54.6 Å². The first kappa shape index (κ1) is 16.1. The molecule has 0 bridgehead atoms. The lowest BCUT2D eigenvalue weighted by atomic mass is 10.2. The zero-order chi connectivity index (χ0) is 19.5. The molecule has 0 radical (unpaired) electrons. The first-order valence-corrected chi connectivity index (χ1v) is 9.56. The molecular weight excluding hydrogens is 360 g/mol. The average Bonchev–Trinajstić information content (AvgIpc) is 3.41. The first-order valence-electron chi connectivity index (χ1n) is 9.56. The number of H-pyrrole nitrogens is 3. The number of aryl methyl sites for hydroxylation is 2. The number of benzene rings is 3. The van der Waals surface area contributed by atoms with E-state index in [2.05, 4.69) is 57.2 Å². The van der Waals surface area contributed by atoms with E-state index in [1.54, 1.807) is 0 Å². The number of nitrogens with zero attached hydrogens (tertiary/aromatic N) is 3. The zero-order valence-electron chi connectivity index (χ0n) is 16.0. The molecule has 0 spiro atoms. The van der Waals surface area contributed by atoms with E-state index in [1.807, 2.05) is 31.2 Å². The van der Waals surface area contributed by atoms with E-state index in [1.165, 1.54) is 5.56 Å². The number of nitrogens with one attached hydrogen (secondary N) is 3. The Morgan fingerprint density at radius 3 is 1.72 bits per heavy atom. The summed E-state index contributed by atoms with van der Waals surface area (Å²) in [5.41, 5.74) is 9.17. The van der Waals surface area contributed by atoms with Gasteiger partial charge in [-0.2, -0.15) is 0 Å². The fraction of sp³-hybridized carbons (Fsp3) is 0.0870. The highest BCUT2D eigenvalue weighted by Gasteiger charge is 2.11. The van der Waals surface area contributed by atoms with Crippen molar-refractivity contribution >= 4 is 33.1 Å². The molecule has 140 valence electrons. The molecule has 3 aromatic carbocycles. The van der Waals surface area contributed by atoms with Gasteiger partial charge in [0.2, 0.25) is 0 Å². The van der Waals surface area contributed by atoms with Crippen molar-refractivity contribution in [3.8, 4) is 22.8 Å². The van der Waals surface area contributed by atoms with Crippen LogP contribution in [-0.4, -0.2) is 29.9 Å². The SMILES string of the molecule is Cc1ccc2nc(-c3ccc4nc(-c5ccc6nc(C)[nH]c6c5)[nH]c4c3)[nH]c2c1. The van der Waals surface area contributed by atoms with E-state index in [0.717, 1.165) is 61.7 Å². The molecule has 3 N–H and O–H groups in total. The highest BCUT2D eigenvalue weighted by Crippen LogP contribution is 2.27. The molecule has 0 saturated heterocycles. The monoisotopic (exact) mass is 378 g/mol. The number of rotatable bonds is 2. The van der Waals surface area contributed by atoms with Gasteiger partial charge in [-0.1, -0.05) is 6.07 Å². The van der Waals surface area contributed by atoms with Crippen molar-refractivity contribution in [3.63, 3.8) is 0 Å². The minimum absolute atomic E-state index is 0.839. The molecule has 3 aromatic heterocycles. The number of hydrogen-bond acceptors (Lipinski definition) is 3. The van der Waals surface area contributed by atoms with Gasteiger partial charge in [0.25, 0.3) is 0 Å². The summed E-state index contributed by atoms with van der Waals surface area (Å²) >= 11 is 0. The van der Waals surface area contributed by atoms with Crippen LogP contribution in [0.25, 0.3) is 55.9 Å². The van der Waals surface area contributed by atoms with Gasteiger partial charge in [0.15, 0.2) is 0 Å². The van der Waals surface area contributed by atoms with Crippen LogP contribution in [-0.2, 0) is 0 Å². The van der Waals surface area contributed by atoms with Crippen molar-refractivity contribution in [2.75, 3.05) is 0 Å². The van der Waals surface area contributed by atoms with Crippen molar-refractivity contribution in [1.29, 1.82) is 0 Å². The Labute approximate surface area is 166 Å². The van der Waals surface area contributed by atoms with Gasteiger partial charge in [-0.15, -0.1) is 0 Å². The topological polar surface area (TPSA) is 86.0 Å². The lowest BCUT2D eigenvalue weighted by Crippen LogP contribution is -1.81. The standard InChI is InChI=1S/C23H18N6/c1-12-3-6-17-19(9-12)28-22(26-17)15-5-8-18-21(11-15)29-23(27-18)14-4-7-16-20(10-14)25-13(2)24-16/h3-11H,1-2H3,(H,24,25)(H,26,28)(H,27,29). The van der Waals surface area contributed by atoms with Crippen LogP contribution in [0.3, 0.4) is 0 Å². The Balaban J connectivity index is 1.44. The van der Waals surface area contributed by atoms with Crippen molar-refractivity contribution in [1.82, 2.24) is 29.9 Å². The van der Waals surface area contributed by atoms with E-state index in [0.29, 0.717) is 0 Å². The summed E-state index contributed by atoms with van der Waals surface area (Å²) in [4.78, 5) is 24.1. The normalized spacial score (nSPS) is 11.8. The molecule has 0 saturated carbocycles. The minimum atomic E-state index is 0.839. The van der Waals surface area contributed by atoms with Gasteiger partial charge in [-0.3, -0.25) is 0 Å². The second-order valence-corrected chi connectivity index (χ2v) is 7.48. The van der Waals surface area contributed by atoms with Gasteiger partial charge in [0.05, 0.1) is 33.1 Å². The predicted molar refractivity (Wildman–Crippen MR) is 116 cm³/mol. The lowest BCUT2D eigenvalue weighted by molar-refractivity contribution is 1.17. The largest absolute Gasteiger partial charge is 0.342 e. The molecule has 6 nitrogen and oxygen atoms in total. The number of imidazole rings is 3. The molecule has 0 aliphatic rings. The fourth-order valence-electron chi connectivity index (χ4n) is 3.84. The van der Waals surface area contributed by atoms with Gasteiger partial charge >= 0.3 is 0 Å². The van der Waals surface area contributed by atoms with E-state index in [9.17, 15) is 0 Å². The summed E-state index contributed by atoms with van der Waals surface area (Å²) in [5, 5.41) is 0. The molecule has 6 rings (SSSR count). The van der Waals surface area contributed by atoms with E-state index < -0.39 is 0 Å². The van der Waals surface area contributed by atoms with Gasteiger partial charge in [-0.05, 0) is 67.9 Å². The van der Waals surface area contributed by atoms with Crippen LogP contribution in [0, 0.1) is 13.8 Å². The lowest BCUT2D eigenvalue weighted by Gasteiger charge is -1.96. The number of aromatic nitrogens is 6. The number of fused-ring (bicyclic) bond motifs is 3. The molecule has 0 aliphatic heterocycles. The van der Waals surface area contributed by atoms with Crippen molar-refractivity contribution < 1.29 is 0 Å². The quantitative estimate of drug-likeness (QED) is 0.384. The van der Waals surface area contributed by atoms with Crippen molar-refractivity contribution in [3.05, 3.63) is 66.0 Å². The third-order valence-corrected chi connectivity index (χ3v) is 5.27. The molecule has 29 heavy (non-hydrogen) atoms. The maximum atomic E-state index is 4.77. The molecule has 6 heteroatoms. The number of aromatic amines is 3. The van der Waals surface area contributed by atoms with Gasteiger partial charge in [-0.25, -0.2) is 15.0 Å². The smallest absolute Gasteiger partial charge is 0.138 e. The average molecular weight is 378 g/mol. The zero-order valence-corrected chi connectivity index (χ0v) is 16.0. The molecule has 0 fully saturated rings. The van der Waals surface area contributed by atoms with Gasteiger partial charge < -0.3 is 15.0 Å². The van der Waals surface area contributed by atoms with Crippen LogP contribution in [0.5, 0.6) is 0 Å². The predicted octanol–water partition coefficient (Wildman–Crippen LogP) is 5.27. The maximum Gasteiger partial charge on any atom is 0.138 e. The van der Waals surface area contributed by atoms with E-state index in [4.69, 9.17) is 9.97 Å². The van der Waals surface area contributed by atoms with Crippen LogP contribution < -0.4 is 0 Å². The van der Waals surface area contributed by atoms with Crippen LogP contribution in [0.1, 0.15) is 11.4 Å². The molecule has 6 aromatic rings. The summed E-state index contributed by atoms with van der Waals surface area (Å²) in [6, 6.07) is 18.6. The molecule has 0 atom stereocenters. The Bertz CT molecular complexity index is 1530. The molecule has 0 unspecified atom stereocenters. The second-order valence-electron chi connectivity index (χ2n) is 7.48. The Morgan fingerprint density at radius 2 is 1.07 bits per heavy atom. The highest BCUT2D eigenvalue weighted by atomic mass is 14.9. The van der Waals surface area contributed by atoms with Crippen LogP contribution >= 0.6 is 0 Å². The van der Waals surface area contributed by atoms with Crippen LogP contribution in [0.2, 0.25) is 0 Å². The minimum Gasteiger partial charge on any atom is -0.342 e. The summed E-state index contributed by atoms with van der Waals surface area (Å²) < 4.78 is 0. The summed E-state index contributed by atoms with van der Waals surface area (Å²) in [5.74, 6) is 2.61. The van der Waals surface area contributed by atoms with Crippen molar-refractivity contribution in [2.45, 2.75) is 13.8 Å². The molecule has 0 amide bonds. The fourth-order valence-corrected chi connectivity index (χ4v) is 3.84. The maximum absolute atomic E-state index is 4.77. The number of hydrogen-bond donors (Lipinski definition) is 3. The molecule has 0 aliphatic carbocycles. The Morgan fingerprint density at radius 1 is 0.552 bits per heavy atom. The Kier molecular flexibility index (Phi) is 3.20. The summed E-state index contributed by atoms with van der Waals surface area (Å²) in [6.07, 6.45) is 0. The first-order chi connectivity index (χ1) is 14.1. The summed E-state index contributed by atoms with van der Waals surface area (Å²) in [7, 11) is 0. The van der Waals surface area contributed by atoms with Crippen molar-refractivity contribution in [2.24, 2.45) is 0 Å². The third kappa shape index (κ3) is 2.61. The molecule has 3 heterocycles. The summed E-state index contributed by atoms with van der Waals surface area (Å²) in [6.45, 7) is 4.04. The van der Waals surface area contributed by atoms with E-state index in [-0.39, 0.29) is 0 Å². The van der Waals surface area contributed by atoms with Gasteiger partial charge in [0, 0.05) is 11.1 Å². The van der Waals surface area contributed by atoms with E-state index >= 15 is 0 Å². The van der Waals surface area contributed by atoms with Gasteiger partial charge in [0.1, 0.15) is 17.5 Å². The molecular formula is C23H18N6. The Hall–Kier alpha value is -3.93. The third-order valence-electron chi connectivity index (χ3n) is 5.27.